The summed E-state index contributed by atoms with van der Waals surface area (Å²) in [4.78, 5) is 0. The minimum Gasteiger partial charge on any atom is -0.733 e. The molecule has 0 aliphatic carbocycles. The van der Waals surface area contributed by atoms with E-state index < -0.39 is 0 Å². The second-order valence-corrected chi connectivity index (χ2v) is 6.87. The van der Waals surface area contributed by atoms with Crippen LogP contribution in [0.3, 0.4) is 0 Å². The highest BCUT2D eigenvalue weighted by molar-refractivity contribution is 9.14. The molecule has 0 saturated carbocycles. The highest BCUT2D eigenvalue weighted by Crippen LogP contribution is 2.37. The fraction of sp³-hybridized carbons (Fsp3) is 0.0909. The van der Waals surface area contributed by atoms with Crippen LogP contribution in [0.1, 0.15) is 5.56 Å². The van der Waals surface area contributed by atoms with Crippen molar-refractivity contribution < 1.29 is 5.21 Å². The summed E-state index contributed by atoms with van der Waals surface area (Å²) in [7, 11) is 0. The van der Waals surface area contributed by atoms with Crippen molar-refractivity contribution in [2.75, 3.05) is 0 Å². The number of hydroxylamine groups is 2. The predicted molar refractivity (Wildman–Crippen MR) is 85.3 cm³/mol. The summed E-state index contributed by atoms with van der Waals surface area (Å²) in [5.74, 6) is 0.586. The minimum atomic E-state index is -0.380. The van der Waals surface area contributed by atoms with Crippen molar-refractivity contribution in [1.29, 1.82) is 0 Å². The molecule has 1 aromatic carbocycles. The van der Waals surface area contributed by atoms with Gasteiger partial charge in [-0.1, -0.05) is 65.1 Å². The van der Waals surface area contributed by atoms with Crippen molar-refractivity contribution in [3.63, 3.8) is 0 Å². The Balaban J connectivity index is 2.89. The maximum atomic E-state index is 11.1. The number of allylic oxidation sites excluding steroid dienone is 1. The molecule has 8 heteroatoms. The fourth-order valence-corrected chi connectivity index (χ4v) is 3.14. The van der Waals surface area contributed by atoms with Gasteiger partial charge >= 0.3 is 0 Å². The molecule has 1 N–H and O–H groups in total. The Hall–Kier alpha value is 0.120. The number of hydrogen-bond donors (Lipinski definition) is 1. The topological polar surface area (TPSA) is 46.5 Å². The lowest BCUT2D eigenvalue weighted by molar-refractivity contribution is 0.000520. The van der Waals surface area contributed by atoms with Gasteiger partial charge in [0.25, 0.3) is 0 Å². The number of nitrogens with zero attached hydrogens (tertiary/aromatic N) is 1. The molecule has 0 fully saturated rings. The van der Waals surface area contributed by atoms with Crippen LogP contribution in [0.5, 0.6) is 0 Å². The number of benzene rings is 1. The van der Waals surface area contributed by atoms with Gasteiger partial charge in [0.2, 0.25) is 0 Å². The molecule has 0 bridgehead atoms. The van der Waals surface area contributed by atoms with Crippen LogP contribution in [0.15, 0.2) is 49.4 Å². The van der Waals surface area contributed by atoms with E-state index in [9.17, 15) is 5.21 Å². The van der Waals surface area contributed by atoms with Crippen LogP contribution < -0.4 is 0 Å². The van der Waals surface area contributed by atoms with Gasteiger partial charge in [0.15, 0.2) is 0 Å². The van der Waals surface area contributed by atoms with Gasteiger partial charge in [-0.25, -0.2) is 0 Å². The second kappa shape index (κ2) is 8.42. The third kappa shape index (κ3) is 5.55. The van der Waals surface area contributed by atoms with E-state index in [4.69, 9.17) is 40.0 Å². The normalized spacial score (nSPS) is 11.9. The van der Waals surface area contributed by atoms with Crippen molar-refractivity contribution in [2.24, 2.45) is 0 Å². The molecule has 0 aliphatic heterocycles. The third-order valence-electron chi connectivity index (χ3n) is 1.96. The van der Waals surface area contributed by atoms with Crippen LogP contribution in [-0.2, 0) is 5.75 Å². The summed E-state index contributed by atoms with van der Waals surface area (Å²) in [5.41, 5.74) is 0.818. The molecule has 3 nitrogen and oxygen atoms in total. The second-order valence-electron chi connectivity index (χ2n) is 3.24. The Morgan fingerprint density at radius 1 is 1.26 bits per heavy atom. The summed E-state index contributed by atoms with van der Waals surface area (Å²) >= 11 is 21.2. The van der Waals surface area contributed by atoms with E-state index in [1.165, 1.54) is 11.8 Å². The van der Waals surface area contributed by atoms with Crippen LogP contribution in [0.2, 0.25) is 0 Å². The average Bonchev–Trinajstić information content (AvgIpc) is 2.37. The van der Waals surface area contributed by atoms with Crippen LogP contribution >= 0.6 is 62.5 Å². The van der Waals surface area contributed by atoms with Crippen molar-refractivity contribution in [1.82, 2.24) is 5.23 Å². The molecule has 0 aliphatic rings. The number of rotatable bonds is 5. The fourth-order valence-electron chi connectivity index (χ4n) is 1.12. The average molecular weight is 405 g/mol. The van der Waals surface area contributed by atoms with E-state index in [1.807, 2.05) is 30.3 Å². The lowest BCUT2D eigenvalue weighted by atomic mass is 10.2. The van der Waals surface area contributed by atoms with Crippen molar-refractivity contribution in [2.45, 2.75) is 5.75 Å². The van der Waals surface area contributed by atoms with Gasteiger partial charge in [-0.05, 0) is 21.5 Å². The maximum absolute atomic E-state index is 11.1. The van der Waals surface area contributed by atoms with Gasteiger partial charge in [0, 0.05) is 5.75 Å². The molecule has 0 aromatic heterocycles. The number of halogens is 4. The summed E-state index contributed by atoms with van der Waals surface area (Å²) in [6, 6.07) is 9.59. The molecule has 0 atom stereocenters. The zero-order chi connectivity index (χ0) is 14.4. The third-order valence-corrected chi connectivity index (χ3v) is 4.89. The first kappa shape index (κ1) is 17.2. The molecular formula is C11H8BrCl3NO2S-. The molecule has 1 rings (SSSR count). The maximum Gasteiger partial charge on any atom is 0.127 e. The molecule has 104 valence electrons. The molecule has 0 radical (unpaired) electrons. The zero-order valence-corrected chi connectivity index (χ0v) is 14.0. The molecule has 19 heavy (non-hydrogen) atoms. The van der Waals surface area contributed by atoms with Crippen LogP contribution in [0.25, 0.3) is 0 Å². The lowest BCUT2D eigenvalue weighted by Gasteiger charge is -2.26. The van der Waals surface area contributed by atoms with E-state index in [1.54, 1.807) is 0 Å². The Bertz CT molecular complexity index is 490. The van der Waals surface area contributed by atoms with E-state index in [2.05, 4.69) is 15.9 Å². The Morgan fingerprint density at radius 3 is 2.32 bits per heavy atom. The van der Waals surface area contributed by atoms with Gasteiger partial charge in [0.1, 0.15) is 4.49 Å². The van der Waals surface area contributed by atoms with Crippen molar-refractivity contribution >= 4 is 62.5 Å². The van der Waals surface area contributed by atoms with Gasteiger partial charge in [-0.3, -0.25) is 5.21 Å². The monoisotopic (exact) mass is 402 g/mol. The van der Waals surface area contributed by atoms with E-state index >= 15 is 0 Å². The predicted octanol–water partition coefficient (Wildman–Crippen LogP) is 5.56. The Kier molecular flexibility index (Phi) is 7.61. The summed E-state index contributed by atoms with van der Waals surface area (Å²) in [6.07, 6.45) is 0. The van der Waals surface area contributed by atoms with Crippen LogP contribution in [-0.4, -0.2) is 10.4 Å². The smallest absolute Gasteiger partial charge is 0.127 e. The molecule has 0 saturated heterocycles. The molecule has 0 heterocycles. The molecular weight excluding hydrogens is 396 g/mol. The zero-order valence-electron chi connectivity index (χ0n) is 9.32. The van der Waals surface area contributed by atoms with Gasteiger partial charge in [0.05, 0.1) is 14.5 Å². The molecule has 1 aromatic rings. The summed E-state index contributed by atoms with van der Waals surface area (Å²) < 4.78 is 0.0291. The first-order valence-corrected chi connectivity index (χ1v) is 7.78. The Labute approximate surface area is 138 Å². The van der Waals surface area contributed by atoms with Gasteiger partial charge in [-0.15, -0.1) is 11.8 Å². The Morgan fingerprint density at radius 2 is 1.84 bits per heavy atom. The van der Waals surface area contributed by atoms with E-state index in [-0.39, 0.29) is 20.4 Å². The first-order valence-electron chi connectivity index (χ1n) is 4.87. The number of hydrogen-bond acceptors (Lipinski definition) is 4. The van der Waals surface area contributed by atoms with Gasteiger partial charge in [-0.2, -0.15) is 0 Å². The standard InChI is InChI=1S/C11H8BrCl3NO2S/c12-10(9(16(17)18)8(13)11(14)15)19-6-7-4-2-1-3-5-7/h1-5,17H,6H2/q-1/b10-9-. The SMILES string of the molecule is [O-]N(O)/C(C(Cl)=C(Cl)Cl)=C(/Br)SCc1ccccc1. The molecule has 0 amide bonds. The molecule has 0 unspecified atom stereocenters. The highest BCUT2D eigenvalue weighted by Gasteiger charge is 2.13. The summed E-state index contributed by atoms with van der Waals surface area (Å²) in [6.45, 7) is 0. The van der Waals surface area contributed by atoms with Crippen LogP contribution in [0.4, 0.5) is 0 Å². The minimum absolute atomic E-state index is 0.228. The lowest BCUT2D eigenvalue weighted by Crippen LogP contribution is -2.11. The van der Waals surface area contributed by atoms with Gasteiger partial charge < -0.3 is 10.4 Å². The van der Waals surface area contributed by atoms with E-state index in [0.29, 0.717) is 9.57 Å². The van der Waals surface area contributed by atoms with E-state index in [0.717, 1.165) is 5.56 Å². The quantitative estimate of drug-likeness (QED) is 0.516. The van der Waals surface area contributed by atoms with Crippen molar-refractivity contribution in [3.05, 3.63) is 60.1 Å². The highest BCUT2D eigenvalue weighted by atomic mass is 79.9. The summed E-state index contributed by atoms with van der Waals surface area (Å²) in [5, 5.41) is 19.5. The van der Waals surface area contributed by atoms with Crippen LogP contribution in [0, 0.1) is 5.21 Å². The largest absolute Gasteiger partial charge is 0.733 e. The van der Waals surface area contributed by atoms with Crippen molar-refractivity contribution in [3.8, 4) is 0 Å². The molecule has 0 spiro atoms. The first-order chi connectivity index (χ1) is 8.93. The number of thioether (sulfide) groups is 1.